The van der Waals surface area contributed by atoms with E-state index in [-0.39, 0.29) is 17.4 Å². The molecule has 6 rings (SSSR count). The van der Waals surface area contributed by atoms with E-state index in [2.05, 4.69) is 73.9 Å². The minimum Gasteiger partial charge on any atom is -0.387 e. The van der Waals surface area contributed by atoms with Crippen LogP contribution in [-0.2, 0) is 9.53 Å². The Bertz CT molecular complexity index is 1690. The van der Waals surface area contributed by atoms with E-state index < -0.39 is 36.4 Å². The molecule has 13 nitrogen and oxygen atoms in total. The Morgan fingerprint density at radius 3 is 2.22 bits per heavy atom. The number of fused-ring (bicyclic) bond motifs is 1. The summed E-state index contributed by atoms with van der Waals surface area (Å²) >= 11 is 0. The van der Waals surface area contributed by atoms with Crippen LogP contribution < -0.4 is 16.0 Å². The van der Waals surface area contributed by atoms with Gasteiger partial charge in [0.2, 0.25) is 5.82 Å². The molecule has 0 spiro atoms. The highest BCUT2D eigenvalue weighted by molar-refractivity contribution is 5.94. The number of aliphatic hydroxyl groups excluding tert-OH is 2. The predicted molar refractivity (Wildman–Crippen MR) is 189 cm³/mol. The largest absolute Gasteiger partial charge is 0.387 e. The van der Waals surface area contributed by atoms with Crippen LogP contribution in [0.5, 0.6) is 0 Å². The average Bonchev–Trinajstić information content (AvgIpc) is 3.69. The lowest BCUT2D eigenvalue weighted by atomic mass is 9.87. The number of carbonyl (C=O) groups is 2. The van der Waals surface area contributed by atoms with Crippen molar-refractivity contribution < 1.29 is 24.5 Å². The molecule has 4 aromatic rings. The van der Waals surface area contributed by atoms with Crippen LogP contribution in [0.1, 0.15) is 67.5 Å². The summed E-state index contributed by atoms with van der Waals surface area (Å²) in [5, 5.41) is 30.8. The number of piperidine rings is 1. The van der Waals surface area contributed by atoms with E-state index in [1.807, 2.05) is 36.4 Å². The highest BCUT2D eigenvalue weighted by Gasteiger charge is 2.47. The lowest BCUT2D eigenvalue weighted by molar-refractivity contribution is -0.137. The molecular formula is C37H48N8O5. The van der Waals surface area contributed by atoms with Crippen molar-refractivity contribution in [3.63, 3.8) is 0 Å². The third-order valence-corrected chi connectivity index (χ3v) is 9.91. The van der Waals surface area contributed by atoms with Crippen molar-refractivity contribution in [1.29, 1.82) is 0 Å². The molecule has 2 aliphatic heterocycles. The van der Waals surface area contributed by atoms with Crippen molar-refractivity contribution in [2.24, 2.45) is 11.8 Å². The molecule has 0 radical (unpaired) electrons. The molecule has 2 fully saturated rings. The number of amides is 2. The van der Waals surface area contributed by atoms with Crippen LogP contribution in [0.4, 0.5) is 5.82 Å². The molecule has 2 aliphatic rings. The number of aromatic nitrogens is 4. The maximum atomic E-state index is 13.6. The average molecular weight is 685 g/mol. The molecule has 2 unspecified atom stereocenters. The summed E-state index contributed by atoms with van der Waals surface area (Å²) in [5.74, 6) is 0.632. The van der Waals surface area contributed by atoms with Gasteiger partial charge in [-0.2, -0.15) is 0 Å². The van der Waals surface area contributed by atoms with Crippen molar-refractivity contribution in [1.82, 2.24) is 35.1 Å². The third kappa shape index (κ3) is 7.81. The van der Waals surface area contributed by atoms with Gasteiger partial charge < -0.3 is 35.8 Å². The number of hydrogen-bond donors (Lipinski definition) is 5. The van der Waals surface area contributed by atoms with Crippen LogP contribution in [0.25, 0.3) is 11.2 Å². The van der Waals surface area contributed by atoms with E-state index in [1.165, 1.54) is 10.9 Å². The molecule has 0 aliphatic carbocycles. The Hall–Kier alpha value is -4.43. The summed E-state index contributed by atoms with van der Waals surface area (Å²) in [6.45, 7) is 10.2. The summed E-state index contributed by atoms with van der Waals surface area (Å²) in [7, 11) is 0. The molecule has 0 saturated carbocycles. The number of likely N-dealkylation sites (N-methyl/N-ethyl adjacent to an activating group) is 1. The van der Waals surface area contributed by atoms with Crippen LogP contribution in [-0.4, -0.2) is 104 Å². The molecule has 50 heavy (non-hydrogen) atoms. The summed E-state index contributed by atoms with van der Waals surface area (Å²) in [6.07, 6.45) is -1.68. The van der Waals surface area contributed by atoms with E-state index in [1.54, 1.807) is 6.92 Å². The first-order chi connectivity index (χ1) is 24.2. The molecule has 266 valence electrons. The first kappa shape index (κ1) is 35.4. The van der Waals surface area contributed by atoms with Gasteiger partial charge in [0, 0.05) is 32.1 Å². The highest BCUT2D eigenvalue weighted by atomic mass is 16.6. The topological polar surface area (TPSA) is 167 Å². The number of benzene rings is 2. The molecule has 0 bridgehead atoms. The van der Waals surface area contributed by atoms with E-state index in [0.717, 1.165) is 49.5 Å². The monoisotopic (exact) mass is 684 g/mol. The number of hydrogen-bond acceptors (Lipinski definition) is 10. The summed E-state index contributed by atoms with van der Waals surface area (Å²) in [4.78, 5) is 42.4. The van der Waals surface area contributed by atoms with Gasteiger partial charge in [-0.15, -0.1) is 0 Å². The van der Waals surface area contributed by atoms with Gasteiger partial charge in [-0.3, -0.25) is 14.2 Å². The fourth-order valence-corrected chi connectivity index (χ4v) is 6.96. The number of anilines is 1. The summed E-state index contributed by atoms with van der Waals surface area (Å²) < 4.78 is 7.33. The standard InChI is InChI=1S/C37H48N8O5/c1-4-38-35(48)31-29(46)30(47)37(50-31)45-22-41-28-32(40-21-27(25-11-7-5-8-12-25)26-13-9-6-10-14-26)42-33(43-34(28)45)36(49)39-17-20-44-18-15-24(16-19-44)23(2)3/h5-14,22-24,27,29-31,37,46-47H,4,15-21H2,1-3H3,(H,38,48)(H,39,49)(H,40,42,43)/t29-,30+,31?,37?/m0/s1. The smallest absolute Gasteiger partial charge is 0.289 e. The van der Waals surface area contributed by atoms with Gasteiger partial charge >= 0.3 is 0 Å². The Morgan fingerprint density at radius 2 is 1.60 bits per heavy atom. The van der Waals surface area contributed by atoms with Gasteiger partial charge in [0.15, 0.2) is 29.3 Å². The lowest BCUT2D eigenvalue weighted by Crippen LogP contribution is -2.42. The van der Waals surface area contributed by atoms with Gasteiger partial charge in [0.25, 0.3) is 11.8 Å². The molecule has 2 aromatic heterocycles. The maximum Gasteiger partial charge on any atom is 0.289 e. The number of imidazole rings is 1. The zero-order chi connectivity index (χ0) is 35.2. The molecule has 2 aromatic carbocycles. The molecule has 4 atom stereocenters. The quantitative estimate of drug-likeness (QED) is 0.141. The summed E-state index contributed by atoms with van der Waals surface area (Å²) in [5.41, 5.74) is 2.77. The molecule has 2 amide bonds. The normalized spacial score (nSPS) is 21.6. The zero-order valence-corrected chi connectivity index (χ0v) is 28.9. The number of aliphatic hydroxyl groups is 2. The molecule has 4 heterocycles. The van der Waals surface area contributed by atoms with Crippen molar-refractivity contribution in [3.05, 3.63) is 83.9 Å². The Morgan fingerprint density at radius 1 is 0.940 bits per heavy atom. The van der Waals surface area contributed by atoms with Gasteiger partial charge in [0.05, 0.1) is 6.33 Å². The van der Waals surface area contributed by atoms with E-state index in [9.17, 15) is 19.8 Å². The SMILES string of the molecule is CCNC(=O)C1OC(n2cnc3c(NCC(c4ccccc4)c4ccccc4)nc(C(=O)NCCN4CCC(C(C)C)CC4)nc32)[C@H](O)[C@@H]1O. The van der Waals surface area contributed by atoms with Crippen molar-refractivity contribution in [3.8, 4) is 0 Å². The van der Waals surface area contributed by atoms with Gasteiger partial charge in [-0.25, -0.2) is 15.0 Å². The van der Waals surface area contributed by atoms with Gasteiger partial charge in [0.1, 0.15) is 12.2 Å². The van der Waals surface area contributed by atoms with Crippen molar-refractivity contribution >= 4 is 28.8 Å². The molecular weight excluding hydrogens is 636 g/mol. The Labute approximate surface area is 292 Å². The maximum absolute atomic E-state index is 13.6. The molecule has 2 saturated heterocycles. The number of ether oxygens (including phenoxy) is 1. The number of rotatable bonds is 13. The van der Waals surface area contributed by atoms with Crippen molar-refractivity contribution in [2.45, 2.75) is 64.1 Å². The summed E-state index contributed by atoms with van der Waals surface area (Å²) in [6, 6.07) is 20.2. The molecule has 5 N–H and O–H groups in total. The fraction of sp³-hybridized carbons (Fsp3) is 0.486. The first-order valence-electron chi connectivity index (χ1n) is 17.6. The van der Waals surface area contributed by atoms with E-state index in [0.29, 0.717) is 36.9 Å². The van der Waals surface area contributed by atoms with Crippen LogP contribution in [0.2, 0.25) is 0 Å². The number of nitrogens with zero attached hydrogens (tertiary/aromatic N) is 5. The highest BCUT2D eigenvalue weighted by Crippen LogP contribution is 2.33. The van der Waals surface area contributed by atoms with Crippen LogP contribution in [0.15, 0.2) is 67.0 Å². The minimum atomic E-state index is -1.48. The lowest BCUT2D eigenvalue weighted by Gasteiger charge is -2.33. The number of likely N-dealkylation sites (tertiary alicyclic amines) is 1. The number of carbonyl (C=O) groups excluding carboxylic acids is 2. The predicted octanol–water partition coefficient (Wildman–Crippen LogP) is 2.92. The minimum absolute atomic E-state index is 0.0467. The third-order valence-electron chi connectivity index (χ3n) is 9.91. The Balaban J connectivity index is 1.27. The van der Waals surface area contributed by atoms with E-state index in [4.69, 9.17) is 4.74 Å². The fourth-order valence-electron chi connectivity index (χ4n) is 6.96. The van der Waals surface area contributed by atoms with Crippen LogP contribution in [0, 0.1) is 11.8 Å². The van der Waals surface area contributed by atoms with Crippen LogP contribution in [0.3, 0.4) is 0 Å². The van der Waals surface area contributed by atoms with E-state index >= 15 is 0 Å². The first-order valence-corrected chi connectivity index (χ1v) is 17.6. The Kier molecular flexibility index (Phi) is 11.4. The zero-order valence-electron chi connectivity index (χ0n) is 28.9. The van der Waals surface area contributed by atoms with Crippen molar-refractivity contribution in [2.75, 3.05) is 44.6 Å². The van der Waals surface area contributed by atoms with Gasteiger partial charge in [-0.1, -0.05) is 74.5 Å². The second-order valence-corrected chi connectivity index (χ2v) is 13.5. The number of nitrogens with one attached hydrogen (secondary N) is 3. The molecule has 13 heteroatoms. The van der Waals surface area contributed by atoms with Gasteiger partial charge in [-0.05, 0) is 55.8 Å². The second-order valence-electron chi connectivity index (χ2n) is 13.5. The second kappa shape index (κ2) is 16.1. The van der Waals surface area contributed by atoms with Crippen LogP contribution >= 0.6 is 0 Å².